The number of primary amides is 1. The highest BCUT2D eigenvalue weighted by Gasteiger charge is 2.35. The fourth-order valence-corrected chi connectivity index (χ4v) is 6.62. The Morgan fingerprint density at radius 1 is 0.911 bits per heavy atom. The van der Waals surface area contributed by atoms with Crippen LogP contribution in [0.15, 0.2) is 104 Å². The highest BCUT2D eigenvalue weighted by molar-refractivity contribution is 5.89. The second kappa shape index (κ2) is 20.6. The second-order valence-corrected chi connectivity index (χ2v) is 14.6. The Morgan fingerprint density at radius 2 is 1.57 bits per heavy atom. The van der Waals surface area contributed by atoms with Crippen LogP contribution in [0.3, 0.4) is 0 Å². The van der Waals surface area contributed by atoms with Gasteiger partial charge in [-0.15, -0.1) is 6.58 Å². The van der Waals surface area contributed by atoms with Crippen LogP contribution in [0, 0.1) is 0 Å². The van der Waals surface area contributed by atoms with E-state index in [2.05, 4.69) is 16.9 Å². The first-order valence-electron chi connectivity index (χ1n) is 19.2. The first kappa shape index (κ1) is 43.4. The predicted molar refractivity (Wildman–Crippen MR) is 219 cm³/mol. The molecule has 12 nitrogen and oxygen atoms in total. The van der Waals surface area contributed by atoms with Gasteiger partial charge in [-0.05, 0) is 83.4 Å². The van der Waals surface area contributed by atoms with Crippen LogP contribution in [0.1, 0.15) is 71.2 Å². The molecule has 0 fully saturated rings. The molecule has 0 aliphatic rings. The van der Waals surface area contributed by atoms with Crippen molar-refractivity contribution >= 4 is 28.7 Å². The summed E-state index contributed by atoms with van der Waals surface area (Å²) in [6.07, 6.45) is 2.73. The van der Waals surface area contributed by atoms with Crippen molar-refractivity contribution < 1.29 is 28.6 Å². The minimum absolute atomic E-state index is 0.142. The van der Waals surface area contributed by atoms with E-state index in [1.165, 1.54) is 10.0 Å². The van der Waals surface area contributed by atoms with E-state index in [0.717, 1.165) is 27.6 Å². The molecule has 3 atom stereocenters. The van der Waals surface area contributed by atoms with Gasteiger partial charge in [-0.25, -0.2) is 14.8 Å². The maximum absolute atomic E-state index is 15.1. The van der Waals surface area contributed by atoms with Crippen LogP contribution >= 0.6 is 0 Å². The van der Waals surface area contributed by atoms with Crippen molar-refractivity contribution in [3.05, 3.63) is 120 Å². The Labute approximate surface area is 331 Å². The lowest BCUT2D eigenvalue weighted by Crippen LogP contribution is -2.58. The fourth-order valence-electron chi connectivity index (χ4n) is 6.62. The van der Waals surface area contributed by atoms with Crippen molar-refractivity contribution in [2.24, 2.45) is 5.73 Å². The summed E-state index contributed by atoms with van der Waals surface area (Å²) in [5, 5.41) is 6.84. The molecule has 4 rings (SSSR count). The number of carbonyl (C=O) groups excluding carboxylic acids is 3. The largest absolute Gasteiger partial charge is 0.488 e. The third kappa shape index (κ3) is 12.1. The first-order valence-corrected chi connectivity index (χ1v) is 19.2. The molecular formula is C44H58N6O6. The van der Waals surface area contributed by atoms with Crippen molar-refractivity contribution in [3.63, 3.8) is 0 Å². The molecule has 4 amide bonds. The Morgan fingerprint density at radius 3 is 2.18 bits per heavy atom. The molecule has 0 unspecified atom stereocenters. The number of ether oxygens (including phenoxy) is 3. The molecule has 4 aromatic rings. The zero-order chi connectivity index (χ0) is 40.8. The predicted octanol–water partition coefficient (Wildman–Crippen LogP) is 6.80. The standard InChI is InChI=1S/C44H58N6O6/c1-9-27-48(50(43(45)53)31(4)34-17-13-12-14-18-34)30-39(51)47-38(28-33-22-24-37(25-23-33)56-44(6,7)8)41(52)49(32(5)42(54-10-2)55-11-3)29-36-20-15-19-35-21-16-26-46-40(35)36/h9,12-26,31-32,38,42H,1,10-11,27-30H2,2-8H3,(H2,45,53)(H,47,51)/t31-,32-,38-/m0/s1. The summed E-state index contributed by atoms with van der Waals surface area (Å²) in [5.74, 6) is -0.157. The average Bonchev–Trinajstić information content (AvgIpc) is 3.16. The number of nitrogens with one attached hydrogen (secondary N) is 1. The maximum Gasteiger partial charge on any atom is 0.329 e. The summed E-state index contributed by atoms with van der Waals surface area (Å²) < 4.78 is 18.1. The molecule has 3 N–H and O–H groups in total. The van der Waals surface area contributed by atoms with Crippen molar-refractivity contribution in [1.82, 2.24) is 25.2 Å². The van der Waals surface area contributed by atoms with Gasteiger partial charge in [0, 0.05) is 44.3 Å². The number of amides is 4. The lowest BCUT2D eigenvalue weighted by Gasteiger charge is -2.38. The number of pyridine rings is 1. The van der Waals surface area contributed by atoms with Crippen molar-refractivity contribution in [1.29, 1.82) is 0 Å². The van der Waals surface area contributed by atoms with Gasteiger partial charge in [-0.1, -0.05) is 72.8 Å². The van der Waals surface area contributed by atoms with Gasteiger partial charge in [0.1, 0.15) is 17.4 Å². The van der Waals surface area contributed by atoms with Crippen LogP contribution in [0.25, 0.3) is 10.9 Å². The van der Waals surface area contributed by atoms with Crippen molar-refractivity contribution in [2.75, 3.05) is 26.3 Å². The monoisotopic (exact) mass is 766 g/mol. The SMILES string of the molecule is C=CCN(CC(=O)N[C@@H](Cc1ccc(OC(C)(C)C)cc1)C(=O)N(Cc1cccc2cccnc12)[C@@H](C)C(OCC)OCC)N(C(N)=O)[C@@H](C)c1ccccc1. The second-order valence-electron chi connectivity index (χ2n) is 14.6. The minimum Gasteiger partial charge on any atom is -0.488 e. The number of urea groups is 1. The number of carbonyl (C=O) groups is 3. The maximum atomic E-state index is 15.1. The van der Waals surface area contributed by atoms with Gasteiger partial charge in [0.15, 0.2) is 6.29 Å². The number of benzene rings is 3. The van der Waals surface area contributed by atoms with Gasteiger partial charge >= 0.3 is 6.03 Å². The van der Waals surface area contributed by atoms with Crippen LogP contribution in [-0.2, 0) is 32.0 Å². The summed E-state index contributed by atoms with van der Waals surface area (Å²) >= 11 is 0. The van der Waals surface area contributed by atoms with Gasteiger partial charge in [0.25, 0.3) is 0 Å². The lowest BCUT2D eigenvalue weighted by atomic mass is 10.0. The van der Waals surface area contributed by atoms with E-state index in [1.807, 2.05) is 133 Å². The number of aromatic nitrogens is 1. The highest BCUT2D eigenvalue weighted by atomic mass is 16.7. The molecule has 0 aliphatic heterocycles. The number of hydrogen-bond donors (Lipinski definition) is 2. The summed E-state index contributed by atoms with van der Waals surface area (Å²) in [6, 6.07) is 23.8. The van der Waals surface area contributed by atoms with Crippen molar-refractivity contribution in [2.45, 2.75) is 91.4 Å². The molecule has 1 aromatic heterocycles. The highest BCUT2D eigenvalue weighted by Crippen LogP contribution is 2.25. The Hall–Kier alpha value is -5.30. The van der Waals surface area contributed by atoms with Crippen LogP contribution in [-0.4, -0.2) is 88.0 Å². The van der Waals surface area contributed by atoms with Crippen molar-refractivity contribution in [3.8, 4) is 5.75 Å². The van der Waals surface area contributed by atoms with E-state index in [9.17, 15) is 9.59 Å². The summed E-state index contributed by atoms with van der Waals surface area (Å²) in [4.78, 5) is 48.6. The molecule has 3 aromatic carbocycles. The molecule has 56 heavy (non-hydrogen) atoms. The third-order valence-electron chi connectivity index (χ3n) is 9.15. The van der Waals surface area contributed by atoms with E-state index in [1.54, 1.807) is 17.2 Å². The minimum atomic E-state index is -1.04. The van der Waals surface area contributed by atoms with Gasteiger partial charge in [-0.3, -0.25) is 14.6 Å². The lowest BCUT2D eigenvalue weighted by molar-refractivity contribution is -0.179. The van der Waals surface area contributed by atoms with Crippen LogP contribution in [0.4, 0.5) is 4.79 Å². The molecule has 12 heteroatoms. The third-order valence-corrected chi connectivity index (χ3v) is 9.15. The number of nitrogens with two attached hydrogens (primary N) is 1. The number of rotatable bonds is 20. The number of hydrogen-bond acceptors (Lipinski definition) is 8. The quantitative estimate of drug-likeness (QED) is 0.0569. The van der Waals surface area contributed by atoms with Gasteiger partial charge in [0.2, 0.25) is 11.8 Å². The molecule has 0 aliphatic carbocycles. The number of nitrogens with zero attached hydrogens (tertiary/aromatic N) is 4. The van der Waals surface area contributed by atoms with E-state index in [4.69, 9.17) is 19.9 Å². The van der Waals surface area contributed by atoms with E-state index < -0.39 is 42.0 Å². The smallest absolute Gasteiger partial charge is 0.329 e. The zero-order valence-corrected chi connectivity index (χ0v) is 33.8. The van der Waals surface area contributed by atoms with Crippen LogP contribution in [0.2, 0.25) is 0 Å². The van der Waals surface area contributed by atoms with Crippen LogP contribution in [0.5, 0.6) is 5.75 Å². The molecule has 0 saturated heterocycles. The van der Waals surface area contributed by atoms with E-state index in [0.29, 0.717) is 19.0 Å². The Balaban J connectivity index is 1.74. The summed E-state index contributed by atoms with van der Waals surface area (Å²) in [7, 11) is 0. The summed E-state index contributed by atoms with van der Waals surface area (Å²) in [6.45, 7) is 18.0. The van der Waals surface area contributed by atoms with Gasteiger partial charge in [-0.2, -0.15) is 0 Å². The zero-order valence-electron chi connectivity index (χ0n) is 33.8. The molecular weight excluding hydrogens is 709 g/mol. The molecule has 0 spiro atoms. The average molecular weight is 767 g/mol. The van der Waals surface area contributed by atoms with E-state index in [-0.39, 0.29) is 32.0 Å². The normalized spacial score (nSPS) is 13.2. The van der Waals surface area contributed by atoms with Gasteiger partial charge < -0.3 is 30.2 Å². The molecule has 300 valence electrons. The Bertz CT molecular complexity index is 1870. The number of hydrazine groups is 1. The molecule has 0 bridgehead atoms. The number of fused-ring (bicyclic) bond motifs is 1. The first-order chi connectivity index (χ1) is 26.8. The molecule has 0 saturated carbocycles. The van der Waals surface area contributed by atoms with Gasteiger partial charge in [0.05, 0.1) is 24.1 Å². The van der Waals surface area contributed by atoms with E-state index >= 15 is 4.79 Å². The molecule has 1 heterocycles. The summed E-state index contributed by atoms with van der Waals surface area (Å²) in [5.41, 5.74) is 8.75. The fraction of sp³-hybridized carbons (Fsp3) is 0.409. The topological polar surface area (TPSA) is 140 Å². The Kier molecular flexibility index (Phi) is 16.0. The number of para-hydroxylation sites is 1. The van der Waals surface area contributed by atoms with Crippen LogP contribution < -0.4 is 15.8 Å². The molecule has 0 radical (unpaired) electrons.